The van der Waals surface area contributed by atoms with Gasteiger partial charge >= 0.3 is 0 Å². The van der Waals surface area contributed by atoms with Crippen LogP contribution < -0.4 is 4.90 Å². The van der Waals surface area contributed by atoms with E-state index in [0.29, 0.717) is 5.69 Å². The fourth-order valence-corrected chi connectivity index (χ4v) is 3.33. The summed E-state index contributed by atoms with van der Waals surface area (Å²) in [4.78, 5) is 2.08. The normalized spacial score (nSPS) is 18.6. The van der Waals surface area contributed by atoms with Gasteiger partial charge in [0, 0.05) is 18.5 Å². The summed E-state index contributed by atoms with van der Waals surface area (Å²) in [6.45, 7) is 3.77. The quantitative estimate of drug-likeness (QED) is 0.824. The molecule has 0 amide bonds. The van der Waals surface area contributed by atoms with Crippen LogP contribution in [0.4, 0.5) is 10.1 Å². The standard InChI is InChI=1S/C17H26FNO/c1-2-19(16-10-6-5-9-15(16)18)13-17(14-20)11-7-3-4-8-12-17/h5-6,9-10,20H,2-4,7-8,11-14H2,1H3. The third-order valence-corrected chi connectivity index (χ3v) is 4.60. The first-order valence-corrected chi connectivity index (χ1v) is 7.81. The Morgan fingerprint density at radius 3 is 2.35 bits per heavy atom. The summed E-state index contributed by atoms with van der Waals surface area (Å²) in [5.41, 5.74) is 0.599. The van der Waals surface area contributed by atoms with Crippen molar-refractivity contribution in [2.45, 2.75) is 45.4 Å². The molecule has 0 radical (unpaired) electrons. The minimum absolute atomic E-state index is 0.0607. The molecule has 0 bridgehead atoms. The molecule has 1 N–H and O–H groups in total. The zero-order chi connectivity index (χ0) is 14.4. The lowest BCUT2D eigenvalue weighted by atomic mass is 9.80. The molecule has 0 saturated heterocycles. The Bertz CT molecular complexity index is 413. The van der Waals surface area contributed by atoms with Gasteiger partial charge in [-0.2, -0.15) is 0 Å². The number of anilines is 1. The minimum atomic E-state index is -0.170. The number of hydrogen-bond acceptors (Lipinski definition) is 2. The van der Waals surface area contributed by atoms with E-state index in [2.05, 4.69) is 4.90 Å². The molecule has 2 rings (SSSR count). The number of aliphatic hydroxyl groups excluding tert-OH is 1. The maximum atomic E-state index is 14.0. The van der Waals surface area contributed by atoms with Gasteiger partial charge in [0.2, 0.25) is 0 Å². The lowest BCUT2D eigenvalue weighted by molar-refractivity contribution is 0.112. The Balaban J connectivity index is 2.17. The lowest BCUT2D eigenvalue weighted by Crippen LogP contribution is -2.40. The Labute approximate surface area is 121 Å². The van der Waals surface area contributed by atoms with Gasteiger partial charge in [-0.3, -0.25) is 0 Å². The molecule has 1 aromatic rings. The van der Waals surface area contributed by atoms with E-state index < -0.39 is 0 Å². The van der Waals surface area contributed by atoms with E-state index in [0.717, 1.165) is 25.9 Å². The van der Waals surface area contributed by atoms with E-state index in [4.69, 9.17) is 0 Å². The van der Waals surface area contributed by atoms with Crippen molar-refractivity contribution in [1.82, 2.24) is 0 Å². The molecular formula is C17H26FNO. The molecule has 3 heteroatoms. The molecule has 0 unspecified atom stereocenters. The van der Waals surface area contributed by atoms with Crippen LogP contribution in [0.5, 0.6) is 0 Å². The van der Waals surface area contributed by atoms with Crippen LogP contribution in [0, 0.1) is 11.2 Å². The summed E-state index contributed by atoms with van der Waals surface area (Å²) in [7, 11) is 0. The molecule has 0 atom stereocenters. The Hall–Kier alpha value is -1.09. The first-order chi connectivity index (χ1) is 9.71. The number of benzene rings is 1. The second-order valence-electron chi connectivity index (χ2n) is 6.04. The summed E-state index contributed by atoms with van der Waals surface area (Å²) in [5, 5.41) is 9.91. The lowest BCUT2D eigenvalue weighted by Gasteiger charge is -2.37. The molecule has 20 heavy (non-hydrogen) atoms. The second kappa shape index (κ2) is 7.07. The maximum absolute atomic E-state index is 14.0. The van der Waals surface area contributed by atoms with Crippen molar-refractivity contribution < 1.29 is 9.50 Å². The van der Waals surface area contributed by atoms with Crippen LogP contribution in [0.25, 0.3) is 0 Å². The average Bonchev–Trinajstić information content (AvgIpc) is 2.72. The number of aliphatic hydroxyl groups is 1. The minimum Gasteiger partial charge on any atom is -0.396 e. The van der Waals surface area contributed by atoms with Crippen molar-refractivity contribution in [3.05, 3.63) is 30.1 Å². The van der Waals surface area contributed by atoms with Gasteiger partial charge in [0.05, 0.1) is 12.3 Å². The highest BCUT2D eigenvalue weighted by molar-refractivity contribution is 5.47. The van der Waals surface area contributed by atoms with Gasteiger partial charge in [-0.1, -0.05) is 37.8 Å². The maximum Gasteiger partial charge on any atom is 0.146 e. The SMILES string of the molecule is CCN(CC1(CO)CCCCCC1)c1ccccc1F. The van der Waals surface area contributed by atoms with Gasteiger partial charge in [-0.25, -0.2) is 4.39 Å². The summed E-state index contributed by atoms with van der Waals surface area (Å²) in [6, 6.07) is 6.94. The van der Waals surface area contributed by atoms with E-state index in [1.807, 2.05) is 19.1 Å². The van der Waals surface area contributed by atoms with Crippen LogP contribution in [0.3, 0.4) is 0 Å². The van der Waals surface area contributed by atoms with Gasteiger partial charge < -0.3 is 10.0 Å². The highest BCUT2D eigenvalue weighted by atomic mass is 19.1. The zero-order valence-electron chi connectivity index (χ0n) is 12.4. The molecule has 1 saturated carbocycles. The third-order valence-electron chi connectivity index (χ3n) is 4.60. The van der Waals surface area contributed by atoms with Crippen LogP contribution in [-0.4, -0.2) is 24.8 Å². The molecule has 1 aliphatic carbocycles. The van der Waals surface area contributed by atoms with Gasteiger partial charge in [-0.15, -0.1) is 0 Å². The van der Waals surface area contributed by atoms with Crippen LogP contribution >= 0.6 is 0 Å². The fourth-order valence-electron chi connectivity index (χ4n) is 3.33. The molecule has 0 heterocycles. The molecule has 0 aromatic heterocycles. The van der Waals surface area contributed by atoms with Crippen molar-refractivity contribution in [2.24, 2.45) is 5.41 Å². The highest BCUT2D eigenvalue weighted by Crippen LogP contribution is 2.36. The van der Waals surface area contributed by atoms with Crippen LogP contribution in [0.1, 0.15) is 45.4 Å². The van der Waals surface area contributed by atoms with E-state index >= 15 is 0 Å². The summed E-state index contributed by atoms with van der Waals surface area (Å²) in [5.74, 6) is -0.170. The predicted octanol–water partition coefficient (Wildman–Crippen LogP) is 3.98. The predicted molar refractivity (Wildman–Crippen MR) is 81.5 cm³/mol. The van der Waals surface area contributed by atoms with Crippen molar-refractivity contribution in [3.8, 4) is 0 Å². The van der Waals surface area contributed by atoms with Crippen molar-refractivity contribution in [1.29, 1.82) is 0 Å². The van der Waals surface area contributed by atoms with Gasteiger partial charge in [0.25, 0.3) is 0 Å². The number of rotatable bonds is 5. The van der Waals surface area contributed by atoms with Crippen molar-refractivity contribution in [2.75, 3.05) is 24.6 Å². The molecule has 1 aliphatic rings. The molecule has 2 nitrogen and oxygen atoms in total. The summed E-state index contributed by atoms with van der Waals surface area (Å²) >= 11 is 0. The van der Waals surface area contributed by atoms with E-state index in [1.165, 1.54) is 31.7 Å². The van der Waals surface area contributed by atoms with Crippen molar-refractivity contribution in [3.63, 3.8) is 0 Å². The topological polar surface area (TPSA) is 23.5 Å². The smallest absolute Gasteiger partial charge is 0.146 e. The molecule has 1 aromatic carbocycles. The van der Waals surface area contributed by atoms with E-state index in [-0.39, 0.29) is 17.8 Å². The Morgan fingerprint density at radius 1 is 1.15 bits per heavy atom. The molecule has 1 fully saturated rings. The van der Waals surface area contributed by atoms with Gasteiger partial charge in [0.15, 0.2) is 0 Å². The number of para-hydroxylation sites is 1. The monoisotopic (exact) mass is 279 g/mol. The van der Waals surface area contributed by atoms with E-state index in [1.54, 1.807) is 6.07 Å². The number of halogens is 1. The molecule has 0 spiro atoms. The van der Waals surface area contributed by atoms with Crippen LogP contribution in [-0.2, 0) is 0 Å². The zero-order valence-corrected chi connectivity index (χ0v) is 12.4. The molecule has 112 valence electrons. The molecular weight excluding hydrogens is 253 g/mol. The first kappa shape index (κ1) is 15.3. The van der Waals surface area contributed by atoms with E-state index in [9.17, 15) is 9.50 Å². The van der Waals surface area contributed by atoms with Gasteiger partial charge in [0.1, 0.15) is 5.82 Å². The second-order valence-corrected chi connectivity index (χ2v) is 6.04. The largest absolute Gasteiger partial charge is 0.396 e. The summed E-state index contributed by atoms with van der Waals surface area (Å²) in [6.07, 6.45) is 6.97. The average molecular weight is 279 g/mol. The van der Waals surface area contributed by atoms with Crippen molar-refractivity contribution >= 4 is 5.69 Å². The first-order valence-electron chi connectivity index (χ1n) is 7.81. The fraction of sp³-hybridized carbons (Fsp3) is 0.647. The molecule has 0 aliphatic heterocycles. The van der Waals surface area contributed by atoms with Crippen LogP contribution in [0.15, 0.2) is 24.3 Å². The highest BCUT2D eigenvalue weighted by Gasteiger charge is 2.32. The van der Waals surface area contributed by atoms with Crippen LogP contribution in [0.2, 0.25) is 0 Å². The van der Waals surface area contributed by atoms with Gasteiger partial charge in [-0.05, 0) is 31.9 Å². The summed E-state index contributed by atoms with van der Waals surface area (Å²) < 4.78 is 14.0. The third kappa shape index (κ3) is 3.51. The number of hydrogen-bond donors (Lipinski definition) is 1. The Morgan fingerprint density at radius 2 is 1.80 bits per heavy atom. The number of nitrogens with zero attached hydrogens (tertiary/aromatic N) is 1. The Kier molecular flexibility index (Phi) is 5.41.